The maximum absolute atomic E-state index is 10.0. The summed E-state index contributed by atoms with van der Waals surface area (Å²) < 4.78 is 0. The molecule has 1 saturated heterocycles. The van der Waals surface area contributed by atoms with Gasteiger partial charge in [0.1, 0.15) is 0 Å². The van der Waals surface area contributed by atoms with E-state index in [4.69, 9.17) is 0 Å². The quantitative estimate of drug-likeness (QED) is 0.833. The first kappa shape index (κ1) is 12.3. The third-order valence-electron chi connectivity index (χ3n) is 3.24. The molecule has 1 aromatic heterocycles. The Morgan fingerprint density at radius 2 is 2.41 bits per heavy atom. The summed E-state index contributed by atoms with van der Waals surface area (Å²) in [6, 6.07) is 4.01. The van der Waals surface area contributed by atoms with Gasteiger partial charge in [-0.3, -0.25) is 9.88 Å². The lowest BCUT2D eigenvalue weighted by molar-refractivity contribution is -0.0184. The average Bonchev–Trinajstić information content (AvgIpc) is 2.28. The number of pyridine rings is 1. The summed E-state index contributed by atoms with van der Waals surface area (Å²) in [6.45, 7) is 4.50. The number of rotatable bonds is 3. The Labute approximate surface area is 103 Å². The van der Waals surface area contributed by atoms with Crippen molar-refractivity contribution in [1.82, 2.24) is 9.88 Å². The normalized spacial score (nSPS) is 25.8. The second-order valence-electron chi connectivity index (χ2n) is 5.10. The van der Waals surface area contributed by atoms with Crippen LogP contribution < -0.4 is 5.32 Å². The third-order valence-corrected chi connectivity index (χ3v) is 3.24. The van der Waals surface area contributed by atoms with Crippen LogP contribution in [0.2, 0.25) is 0 Å². The number of hydrogen-bond donors (Lipinski definition) is 2. The molecule has 0 radical (unpaired) electrons. The van der Waals surface area contributed by atoms with Gasteiger partial charge in [-0.15, -0.1) is 0 Å². The van der Waals surface area contributed by atoms with Gasteiger partial charge in [0, 0.05) is 32.0 Å². The standard InChI is InChI=1S/C13H21N3O/c1-13(17)5-3-7-16(10-13)9-12-8-11(14-2)4-6-15-12/h4,6,8,17H,3,5,7,9-10H2,1-2H3,(H,14,15). The molecule has 1 aliphatic heterocycles. The van der Waals surface area contributed by atoms with Crippen LogP contribution in [-0.4, -0.2) is 40.7 Å². The molecule has 17 heavy (non-hydrogen) atoms. The van der Waals surface area contributed by atoms with Gasteiger partial charge in [0.15, 0.2) is 0 Å². The van der Waals surface area contributed by atoms with E-state index < -0.39 is 5.60 Å². The number of nitrogens with zero attached hydrogens (tertiary/aromatic N) is 2. The molecule has 1 atom stereocenters. The molecule has 0 aromatic carbocycles. The highest BCUT2D eigenvalue weighted by atomic mass is 16.3. The molecule has 4 nitrogen and oxygen atoms in total. The van der Waals surface area contributed by atoms with Gasteiger partial charge in [-0.1, -0.05) is 0 Å². The monoisotopic (exact) mass is 235 g/mol. The molecule has 0 amide bonds. The minimum atomic E-state index is -0.543. The van der Waals surface area contributed by atoms with Crippen LogP contribution in [-0.2, 0) is 6.54 Å². The Morgan fingerprint density at radius 1 is 1.59 bits per heavy atom. The Balaban J connectivity index is 2.00. The first-order valence-corrected chi connectivity index (χ1v) is 6.16. The van der Waals surface area contributed by atoms with E-state index in [1.54, 1.807) is 0 Å². The number of likely N-dealkylation sites (tertiary alicyclic amines) is 1. The summed E-state index contributed by atoms with van der Waals surface area (Å²) in [6.07, 6.45) is 3.77. The molecule has 1 aromatic rings. The first-order valence-electron chi connectivity index (χ1n) is 6.16. The summed E-state index contributed by atoms with van der Waals surface area (Å²) in [4.78, 5) is 6.64. The molecule has 94 valence electrons. The van der Waals surface area contributed by atoms with Crippen LogP contribution in [0, 0.1) is 0 Å². The molecule has 0 spiro atoms. The average molecular weight is 235 g/mol. The van der Waals surface area contributed by atoms with Gasteiger partial charge in [-0.05, 0) is 38.4 Å². The van der Waals surface area contributed by atoms with Crippen LogP contribution in [0.3, 0.4) is 0 Å². The summed E-state index contributed by atoms with van der Waals surface area (Å²) in [7, 11) is 1.91. The van der Waals surface area contributed by atoms with E-state index in [0.717, 1.165) is 43.9 Å². The van der Waals surface area contributed by atoms with Crippen molar-refractivity contribution in [2.24, 2.45) is 0 Å². The lowest BCUT2D eigenvalue weighted by Crippen LogP contribution is -2.45. The Hall–Kier alpha value is -1.13. The molecule has 1 aliphatic rings. The van der Waals surface area contributed by atoms with E-state index in [9.17, 15) is 5.11 Å². The largest absolute Gasteiger partial charge is 0.389 e. The first-order chi connectivity index (χ1) is 8.09. The maximum atomic E-state index is 10.0. The minimum Gasteiger partial charge on any atom is -0.389 e. The number of hydrogen-bond acceptors (Lipinski definition) is 4. The number of nitrogens with one attached hydrogen (secondary N) is 1. The summed E-state index contributed by atoms with van der Waals surface area (Å²) >= 11 is 0. The minimum absolute atomic E-state index is 0.543. The van der Waals surface area contributed by atoms with Crippen LogP contribution in [0.1, 0.15) is 25.5 Å². The molecule has 2 rings (SSSR count). The summed E-state index contributed by atoms with van der Waals surface area (Å²) in [5.74, 6) is 0. The fraction of sp³-hybridized carbons (Fsp3) is 0.615. The van der Waals surface area contributed by atoms with E-state index in [2.05, 4.69) is 21.3 Å². The zero-order valence-electron chi connectivity index (χ0n) is 10.6. The highest BCUT2D eigenvalue weighted by Gasteiger charge is 2.28. The zero-order chi connectivity index (χ0) is 12.3. The van der Waals surface area contributed by atoms with E-state index in [-0.39, 0.29) is 0 Å². The molecule has 0 bridgehead atoms. The van der Waals surface area contributed by atoms with Crippen molar-refractivity contribution in [3.63, 3.8) is 0 Å². The molecule has 1 unspecified atom stereocenters. The fourth-order valence-corrected chi connectivity index (χ4v) is 2.41. The SMILES string of the molecule is CNc1ccnc(CN2CCCC(C)(O)C2)c1. The van der Waals surface area contributed by atoms with Crippen LogP contribution in [0.4, 0.5) is 5.69 Å². The Bertz CT molecular complexity index is 379. The van der Waals surface area contributed by atoms with Crippen LogP contribution in [0.25, 0.3) is 0 Å². The highest BCUT2D eigenvalue weighted by Crippen LogP contribution is 2.21. The van der Waals surface area contributed by atoms with Gasteiger partial charge < -0.3 is 10.4 Å². The van der Waals surface area contributed by atoms with Crippen LogP contribution in [0.15, 0.2) is 18.3 Å². The van der Waals surface area contributed by atoms with Crippen molar-refractivity contribution >= 4 is 5.69 Å². The summed E-state index contributed by atoms with van der Waals surface area (Å²) in [5.41, 5.74) is 1.59. The van der Waals surface area contributed by atoms with Crippen LogP contribution in [0.5, 0.6) is 0 Å². The van der Waals surface area contributed by atoms with Crippen molar-refractivity contribution in [2.45, 2.75) is 31.9 Å². The van der Waals surface area contributed by atoms with Crippen molar-refractivity contribution in [3.8, 4) is 0 Å². The molecular weight excluding hydrogens is 214 g/mol. The van der Waals surface area contributed by atoms with Gasteiger partial charge in [-0.2, -0.15) is 0 Å². The molecule has 1 fully saturated rings. The maximum Gasteiger partial charge on any atom is 0.0746 e. The highest BCUT2D eigenvalue weighted by molar-refractivity contribution is 5.42. The lowest BCUT2D eigenvalue weighted by Gasteiger charge is -2.36. The van der Waals surface area contributed by atoms with E-state index in [1.165, 1.54) is 0 Å². The molecule has 4 heteroatoms. The predicted molar refractivity (Wildman–Crippen MR) is 68.9 cm³/mol. The number of aromatic nitrogens is 1. The Morgan fingerprint density at radius 3 is 3.12 bits per heavy atom. The number of β-amino-alcohol motifs (C(OH)–C–C–N with tert-alkyl or cyclic N) is 1. The topological polar surface area (TPSA) is 48.4 Å². The second-order valence-corrected chi connectivity index (χ2v) is 5.10. The zero-order valence-corrected chi connectivity index (χ0v) is 10.6. The van der Waals surface area contributed by atoms with Gasteiger partial charge in [0.2, 0.25) is 0 Å². The second kappa shape index (κ2) is 5.02. The van der Waals surface area contributed by atoms with E-state index >= 15 is 0 Å². The van der Waals surface area contributed by atoms with Crippen molar-refractivity contribution in [1.29, 1.82) is 0 Å². The number of piperidine rings is 1. The van der Waals surface area contributed by atoms with Gasteiger partial charge in [0.25, 0.3) is 0 Å². The number of anilines is 1. The smallest absolute Gasteiger partial charge is 0.0746 e. The third kappa shape index (κ3) is 3.41. The van der Waals surface area contributed by atoms with E-state index in [0.29, 0.717) is 0 Å². The number of aliphatic hydroxyl groups is 1. The molecular formula is C13H21N3O. The van der Waals surface area contributed by atoms with Crippen molar-refractivity contribution < 1.29 is 5.11 Å². The molecule has 2 N–H and O–H groups in total. The summed E-state index contributed by atoms with van der Waals surface area (Å²) in [5, 5.41) is 13.2. The fourth-order valence-electron chi connectivity index (χ4n) is 2.41. The molecule has 2 heterocycles. The predicted octanol–water partition coefficient (Wildman–Crippen LogP) is 1.47. The van der Waals surface area contributed by atoms with Crippen molar-refractivity contribution in [2.75, 3.05) is 25.5 Å². The molecule has 0 aliphatic carbocycles. The van der Waals surface area contributed by atoms with Gasteiger partial charge in [-0.25, -0.2) is 0 Å². The van der Waals surface area contributed by atoms with E-state index in [1.807, 2.05) is 26.2 Å². The van der Waals surface area contributed by atoms with Gasteiger partial charge >= 0.3 is 0 Å². The Kier molecular flexibility index (Phi) is 3.64. The lowest BCUT2D eigenvalue weighted by atomic mass is 9.95. The van der Waals surface area contributed by atoms with Gasteiger partial charge in [0.05, 0.1) is 11.3 Å². The van der Waals surface area contributed by atoms with Crippen LogP contribution >= 0.6 is 0 Å². The van der Waals surface area contributed by atoms with Crippen molar-refractivity contribution in [3.05, 3.63) is 24.0 Å². The molecule has 0 saturated carbocycles.